The summed E-state index contributed by atoms with van der Waals surface area (Å²) >= 11 is 1.13. The van der Waals surface area contributed by atoms with Gasteiger partial charge in [-0.1, -0.05) is 6.07 Å². The smallest absolute Gasteiger partial charge is 0.348 e. The average molecular weight is 348 g/mol. The lowest BCUT2D eigenvalue weighted by molar-refractivity contribution is -0.122. The lowest BCUT2D eigenvalue weighted by atomic mass is 10.1. The number of carbonyl (C=O) groups excluding carboxylic acids is 2. The van der Waals surface area contributed by atoms with E-state index in [9.17, 15) is 14.0 Å². The number of ether oxygens (including phenoxy) is 1. The van der Waals surface area contributed by atoms with Crippen LogP contribution in [-0.2, 0) is 22.6 Å². The van der Waals surface area contributed by atoms with Gasteiger partial charge in [-0.15, -0.1) is 11.3 Å². The Kier molecular flexibility index (Phi) is 4.52. The molecule has 7 nitrogen and oxygen atoms in total. The number of nitrogens with zero attached hydrogens (tertiary/aromatic N) is 3. The molecule has 2 aromatic heterocycles. The number of methoxy groups -OCH3 is 1. The van der Waals surface area contributed by atoms with Gasteiger partial charge in [-0.05, 0) is 12.1 Å². The van der Waals surface area contributed by atoms with E-state index in [1.807, 2.05) is 0 Å². The fourth-order valence-corrected chi connectivity index (χ4v) is 3.45. The first-order valence-electron chi connectivity index (χ1n) is 6.97. The topological polar surface area (TPSA) is 86.1 Å². The summed E-state index contributed by atoms with van der Waals surface area (Å²) in [4.78, 5) is 27.9. The van der Waals surface area contributed by atoms with Crippen molar-refractivity contribution in [2.24, 2.45) is 0 Å². The van der Waals surface area contributed by atoms with Crippen LogP contribution < -0.4 is 5.32 Å². The number of halogens is 1. The Labute approximate surface area is 140 Å². The molecule has 0 aliphatic rings. The third-order valence-electron chi connectivity index (χ3n) is 3.37. The normalized spacial score (nSPS) is 10.8. The Hall–Kier alpha value is -2.81. The van der Waals surface area contributed by atoms with Gasteiger partial charge in [-0.3, -0.25) is 4.79 Å². The van der Waals surface area contributed by atoms with Crippen molar-refractivity contribution in [3.63, 3.8) is 0 Å². The maximum atomic E-state index is 14.2. The Morgan fingerprint density at radius 2 is 2.25 bits per heavy atom. The molecule has 1 N–H and O–H groups in total. The van der Waals surface area contributed by atoms with Crippen molar-refractivity contribution in [1.29, 1.82) is 0 Å². The van der Waals surface area contributed by atoms with Gasteiger partial charge in [0.25, 0.3) is 0 Å². The summed E-state index contributed by atoms with van der Waals surface area (Å²) in [7, 11) is 1.26. The summed E-state index contributed by atoms with van der Waals surface area (Å²) < 4.78 is 20.9. The minimum absolute atomic E-state index is 0.0128. The molecule has 0 unspecified atom stereocenters. The number of hydrogen-bond acceptors (Lipinski definition) is 6. The van der Waals surface area contributed by atoms with E-state index >= 15 is 0 Å². The van der Waals surface area contributed by atoms with Gasteiger partial charge in [0.2, 0.25) is 5.91 Å². The minimum atomic E-state index is -0.559. The molecular formula is C15H13FN4O3S. The minimum Gasteiger partial charge on any atom is -0.465 e. The van der Waals surface area contributed by atoms with Gasteiger partial charge in [0, 0.05) is 22.2 Å². The van der Waals surface area contributed by atoms with Crippen molar-refractivity contribution in [2.75, 3.05) is 7.11 Å². The monoisotopic (exact) mass is 348 g/mol. The second-order valence-corrected chi connectivity index (χ2v) is 5.94. The van der Waals surface area contributed by atoms with Crippen molar-refractivity contribution in [3.8, 4) is 0 Å². The Bertz CT molecular complexity index is 892. The van der Waals surface area contributed by atoms with E-state index in [4.69, 9.17) is 4.74 Å². The van der Waals surface area contributed by atoms with E-state index in [-0.39, 0.29) is 23.9 Å². The van der Waals surface area contributed by atoms with Crippen molar-refractivity contribution < 1.29 is 18.7 Å². The van der Waals surface area contributed by atoms with Crippen LogP contribution in [0.25, 0.3) is 10.1 Å². The van der Waals surface area contributed by atoms with Gasteiger partial charge >= 0.3 is 5.97 Å². The number of aromatic nitrogens is 3. The molecule has 124 valence electrons. The molecule has 0 radical (unpaired) electrons. The van der Waals surface area contributed by atoms with Crippen LogP contribution in [0.3, 0.4) is 0 Å². The highest BCUT2D eigenvalue weighted by molar-refractivity contribution is 7.21. The molecule has 0 bridgehead atoms. The molecule has 9 heteroatoms. The molecule has 0 saturated carbocycles. The number of thiophene rings is 1. The van der Waals surface area contributed by atoms with Crippen LogP contribution in [0.2, 0.25) is 0 Å². The molecule has 1 aromatic carbocycles. The van der Waals surface area contributed by atoms with Gasteiger partial charge in [-0.25, -0.2) is 18.9 Å². The number of fused-ring (bicyclic) bond motifs is 1. The maximum absolute atomic E-state index is 14.2. The van der Waals surface area contributed by atoms with Crippen LogP contribution in [0.1, 0.15) is 15.2 Å². The van der Waals surface area contributed by atoms with E-state index in [1.54, 1.807) is 12.1 Å². The largest absolute Gasteiger partial charge is 0.465 e. The maximum Gasteiger partial charge on any atom is 0.348 e. The van der Waals surface area contributed by atoms with Gasteiger partial charge in [0.05, 0.1) is 7.11 Å². The fourth-order valence-electron chi connectivity index (χ4n) is 2.30. The number of carbonyl (C=O) groups is 2. The third-order valence-corrected chi connectivity index (χ3v) is 4.55. The van der Waals surface area contributed by atoms with Crippen LogP contribution in [0, 0.1) is 5.82 Å². The first-order valence-corrected chi connectivity index (χ1v) is 7.79. The molecule has 0 saturated heterocycles. The molecule has 0 aliphatic heterocycles. The van der Waals surface area contributed by atoms with Crippen molar-refractivity contribution in [2.45, 2.75) is 13.1 Å². The lowest BCUT2D eigenvalue weighted by Crippen LogP contribution is -2.27. The van der Waals surface area contributed by atoms with Crippen molar-refractivity contribution in [3.05, 3.63) is 47.1 Å². The van der Waals surface area contributed by atoms with Crippen LogP contribution in [-0.4, -0.2) is 33.8 Å². The molecule has 0 spiro atoms. The summed E-state index contributed by atoms with van der Waals surface area (Å²) in [5.41, 5.74) is 0.409. The number of nitrogens with one attached hydrogen (secondary N) is 1. The molecular weight excluding hydrogens is 335 g/mol. The van der Waals surface area contributed by atoms with E-state index < -0.39 is 11.8 Å². The van der Waals surface area contributed by atoms with E-state index in [2.05, 4.69) is 15.4 Å². The van der Waals surface area contributed by atoms with Crippen molar-refractivity contribution in [1.82, 2.24) is 20.1 Å². The fraction of sp³-hybridized carbons (Fsp3) is 0.200. The molecule has 0 fully saturated rings. The highest BCUT2D eigenvalue weighted by Crippen LogP contribution is 2.33. The highest BCUT2D eigenvalue weighted by Gasteiger charge is 2.21. The predicted octanol–water partition coefficient (Wildman–Crippen LogP) is 1.73. The summed E-state index contributed by atoms with van der Waals surface area (Å²) in [5.74, 6) is -1.33. The van der Waals surface area contributed by atoms with Crippen LogP contribution >= 0.6 is 11.3 Å². The summed E-state index contributed by atoms with van der Waals surface area (Å²) in [6, 6.07) is 4.61. The van der Waals surface area contributed by atoms with E-state index in [1.165, 1.54) is 30.5 Å². The Morgan fingerprint density at radius 1 is 1.42 bits per heavy atom. The number of benzene rings is 1. The van der Waals surface area contributed by atoms with Crippen LogP contribution in [0.4, 0.5) is 4.39 Å². The van der Waals surface area contributed by atoms with Gasteiger partial charge in [0.1, 0.15) is 29.9 Å². The quantitative estimate of drug-likeness (QED) is 0.710. The van der Waals surface area contributed by atoms with Crippen LogP contribution in [0.15, 0.2) is 30.9 Å². The number of esters is 1. The summed E-state index contributed by atoms with van der Waals surface area (Å²) in [6.07, 6.45) is 2.74. The van der Waals surface area contributed by atoms with E-state index in [0.717, 1.165) is 11.3 Å². The summed E-state index contributed by atoms with van der Waals surface area (Å²) in [5, 5.41) is 6.83. The molecule has 1 amide bonds. The second-order valence-electron chi connectivity index (χ2n) is 4.88. The first kappa shape index (κ1) is 16.1. The zero-order chi connectivity index (χ0) is 17.1. The summed E-state index contributed by atoms with van der Waals surface area (Å²) in [6.45, 7) is -0.00297. The first-order chi connectivity index (χ1) is 11.6. The molecule has 3 aromatic rings. The SMILES string of the molecule is COC(=O)c1sc2cccc(F)c2c1CNC(=O)Cn1cncn1. The number of amides is 1. The average Bonchev–Trinajstić information content (AvgIpc) is 3.20. The van der Waals surface area contributed by atoms with Gasteiger partial charge in [-0.2, -0.15) is 5.10 Å². The van der Waals surface area contributed by atoms with E-state index in [0.29, 0.717) is 15.6 Å². The number of rotatable bonds is 5. The highest BCUT2D eigenvalue weighted by atomic mass is 32.1. The molecule has 0 aliphatic carbocycles. The van der Waals surface area contributed by atoms with Crippen molar-refractivity contribution >= 4 is 33.3 Å². The molecule has 2 heterocycles. The standard InChI is InChI=1S/C15H13FN4O3S/c1-23-15(22)14-9(13-10(16)3-2-4-11(13)24-14)5-18-12(21)6-20-8-17-7-19-20/h2-4,7-8H,5-6H2,1H3,(H,18,21). The Balaban J connectivity index is 1.87. The second kappa shape index (κ2) is 6.75. The zero-order valence-corrected chi connectivity index (χ0v) is 13.5. The van der Waals surface area contributed by atoms with Gasteiger partial charge in [0.15, 0.2) is 0 Å². The molecule has 3 rings (SSSR count). The number of hydrogen-bond donors (Lipinski definition) is 1. The predicted molar refractivity (Wildman–Crippen MR) is 85.0 cm³/mol. The molecule has 0 atom stereocenters. The van der Waals surface area contributed by atoms with Crippen LogP contribution in [0.5, 0.6) is 0 Å². The lowest BCUT2D eigenvalue weighted by Gasteiger charge is -2.07. The zero-order valence-electron chi connectivity index (χ0n) is 12.7. The van der Waals surface area contributed by atoms with Gasteiger partial charge < -0.3 is 10.1 Å². The molecule has 24 heavy (non-hydrogen) atoms. The Morgan fingerprint density at radius 3 is 2.96 bits per heavy atom. The third kappa shape index (κ3) is 3.11.